The number of phosphoric acid groups is 1. The van der Waals surface area contributed by atoms with Crippen molar-refractivity contribution in [1.29, 1.82) is 0 Å². The third-order valence-electron chi connectivity index (χ3n) is 6.24. The molecule has 0 aliphatic heterocycles. The van der Waals surface area contributed by atoms with Crippen LogP contribution in [0.15, 0.2) is 0 Å². The highest BCUT2D eigenvalue weighted by Crippen LogP contribution is 2.38. The number of aliphatic hydroxyl groups excluding tert-OH is 1. The van der Waals surface area contributed by atoms with Gasteiger partial charge in [-0.2, -0.15) is 0 Å². The fraction of sp³-hybridized carbons (Fsp3) is 1.00. The Labute approximate surface area is 217 Å². The molecule has 0 saturated carbocycles. The third kappa shape index (κ3) is 26.9. The Balaban J connectivity index is 3.49. The molecule has 7 nitrogen and oxygen atoms in total. The highest BCUT2D eigenvalue weighted by molar-refractivity contribution is 7.45. The average Bonchev–Trinajstić information content (AvgIpc) is 2.79. The molecule has 0 aliphatic carbocycles. The zero-order valence-electron chi connectivity index (χ0n) is 23.5. The summed E-state index contributed by atoms with van der Waals surface area (Å²) in [4.78, 5) is 11.8. The van der Waals surface area contributed by atoms with Crippen molar-refractivity contribution in [1.82, 2.24) is 0 Å². The molecule has 0 heterocycles. The molecule has 0 aromatic carbocycles. The Morgan fingerprint density at radius 2 is 1.14 bits per heavy atom. The Bertz CT molecular complexity index is 501. The van der Waals surface area contributed by atoms with Crippen LogP contribution in [0.3, 0.4) is 0 Å². The standard InChI is InChI=1S/C27H58NO6P/c1-5-6-7-8-9-10-11-12-13-14-15-16-17-18-19-20-21-23-32-27(25-29)26-34-35(30,31)33-24-22-28(2,3)4/h27,29H,5-26H2,1-4H3/t27-/m0/s1. The third-order valence-corrected chi connectivity index (χ3v) is 7.20. The van der Waals surface area contributed by atoms with Crippen LogP contribution in [0, 0.1) is 0 Å². The maximum absolute atomic E-state index is 11.8. The van der Waals surface area contributed by atoms with Crippen molar-refractivity contribution in [3.8, 4) is 0 Å². The number of likely N-dealkylation sites (N-methyl/N-ethyl adjacent to an activating group) is 1. The first-order valence-corrected chi connectivity index (χ1v) is 15.8. The van der Waals surface area contributed by atoms with Crippen LogP contribution in [0.2, 0.25) is 0 Å². The lowest BCUT2D eigenvalue weighted by Crippen LogP contribution is -2.37. The van der Waals surface area contributed by atoms with E-state index in [2.05, 4.69) is 6.92 Å². The van der Waals surface area contributed by atoms with Gasteiger partial charge in [0.05, 0.1) is 34.4 Å². The molecule has 1 unspecified atom stereocenters. The summed E-state index contributed by atoms with van der Waals surface area (Å²) in [6.45, 7) is 2.88. The SMILES string of the molecule is CCCCCCCCCCCCCCCCCCCO[C@@H](CO)COP(=O)([O-])OCC[N+](C)(C)C. The lowest BCUT2D eigenvalue weighted by molar-refractivity contribution is -0.870. The Morgan fingerprint density at radius 3 is 1.54 bits per heavy atom. The van der Waals surface area contributed by atoms with E-state index < -0.39 is 13.9 Å². The quantitative estimate of drug-likeness (QED) is 0.0781. The van der Waals surface area contributed by atoms with Gasteiger partial charge < -0.3 is 28.3 Å². The Morgan fingerprint density at radius 1 is 0.714 bits per heavy atom. The predicted molar refractivity (Wildman–Crippen MR) is 143 cm³/mol. The molecule has 2 atom stereocenters. The minimum Gasteiger partial charge on any atom is -0.756 e. The number of rotatable bonds is 27. The number of unbranched alkanes of at least 4 members (excludes halogenated alkanes) is 16. The maximum Gasteiger partial charge on any atom is 0.268 e. The Kier molecular flexibility index (Phi) is 23.1. The number of ether oxygens (including phenoxy) is 1. The van der Waals surface area contributed by atoms with Crippen molar-refractivity contribution >= 4 is 7.82 Å². The summed E-state index contributed by atoms with van der Waals surface area (Å²) < 4.78 is 27.7. The molecule has 0 aromatic rings. The van der Waals surface area contributed by atoms with Crippen LogP contribution in [0.1, 0.15) is 116 Å². The fourth-order valence-corrected chi connectivity index (χ4v) is 4.60. The van der Waals surface area contributed by atoms with Crippen molar-refractivity contribution in [3.05, 3.63) is 0 Å². The molecule has 35 heavy (non-hydrogen) atoms. The van der Waals surface area contributed by atoms with Crippen molar-refractivity contribution in [3.63, 3.8) is 0 Å². The summed E-state index contributed by atoms with van der Waals surface area (Å²) in [6.07, 6.45) is 21.8. The molecule has 0 aliphatic rings. The molecule has 0 aromatic heterocycles. The van der Waals surface area contributed by atoms with Gasteiger partial charge in [0.1, 0.15) is 19.3 Å². The monoisotopic (exact) mass is 523 g/mol. The molecule has 1 N–H and O–H groups in total. The normalized spacial score (nSPS) is 14.8. The molecular weight excluding hydrogens is 465 g/mol. The minimum absolute atomic E-state index is 0.0637. The van der Waals surface area contributed by atoms with E-state index in [9.17, 15) is 14.6 Å². The minimum atomic E-state index is -4.38. The molecule has 0 fully saturated rings. The van der Waals surface area contributed by atoms with Gasteiger partial charge in [-0.05, 0) is 6.42 Å². The van der Waals surface area contributed by atoms with E-state index in [1.165, 1.54) is 96.3 Å². The molecule has 0 amide bonds. The van der Waals surface area contributed by atoms with Gasteiger partial charge in [0.2, 0.25) is 0 Å². The van der Waals surface area contributed by atoms with Crippen LogP contribution in [0.5, 0.6) is 0 Å². The summed E-state index contributed by atoms with van der Waals surface area (Å²) >= 11 is 0. The van der Waals surface area contributed by atoms with Crippen LogP contribution in [-0.2, 0) is 18.3 Å². The first kappa shape index (κ1) is 35.0. The van der Waals surface area contributed by atoms with Gasteiger partial charge in [0.25, 0.3) is 7.82 Å². The second kappa shape index (κ2) is 23.1. The average molecular weight is 524 g/mol. The van der Waals surface area contributed by atoms with E-state index in [1.807, 2.05) is 21.1 Å². The number of aliphatic hydroxyl groups is 1. The molecule has 8 heteroatoms. The van der Waals surface area contributed by atoms with E-state index in [0.717, 1.165) is 12.8 Å². The van der Waals surface area contributed by atoms with E-state index >= 15 is 0 Å². The summed E-state index contributed by atoms with van der Waals surface area (Å²) in [5.74, 6) is 0. The topological polar surface area (TPSA) is 88.0 Å². The summed E-state index contributed by atoms with van der Waals surface area (Å²) in [7, 11) is 1.48. The zero-order valence-corrected chi connectivity index (χ0v) is 24.4. The van der Waals surface area contributed by atoms with Crippen molar-refractivity contribution in [2.24, 2.45) is 0 Å². The van der Waals surface area contributed by atoms with Gasteiger partial charge in [-0.15, -0.1) is 0 Å². The molecular formula is C27H58NO6P. The van der Waals surface area contributed by atoms with Crippen molar-refractivity contribution < 1.29 is 32.8 Å². The van der Waals surface area contributed by atoms with Crippen LogP contribution in [0.4, 0.5) is 0 Å². The maximum atomic E-state index is 11.8. The second-order valence-electron chi connectivity index (χ2n) is 10.9. The lowest BCUT2D eigenvalue weighted by Gasteiger charge is -2.28. The van der Waals surface area contributed by atoms with Crippen molar-refractivity contribution in [2.75, 3.05) is 54.1 Å². The highest BCUT2D eigenvalue weighted by Gasteiger charge is 2.16. The molecule has 212 valence electrons. The van der Waals surface area contributed by atoms with E-state index in [-0.39, 0.29) is 19.8 Å². The summed E-state index contributed by atoms with van der Waals surface area (Å²) in [6, 6.07) is 0. The van der Waals surface area contributed by atoms with Gasteiger partial charge in [0.15, 0.2) is 0 Å². The van der Waals surface area contributed by atoms with Gasteiger partial charge in [-0.3, -0.25) is 4.57 Å². The molecule has 0 bridgehead atoms. The molecule has 0 rings (SSSR count). The molecule has 0 saturated heterocycles. The lowest BCUT2D eigenvalue weighted by atomic mass is 10.0. The van der Waals surface area contributed by atoms with Crippen LogP contribution < -0.4 is 4.89 Å². The summed E-state index contributed by atoms with van der Waals surface area (Å²) in [5, 5.41) is 9.41. The van der Waals surface area contributed by atoms with Crippen LogP contribution in [0.25, 0.3) is 0 Å². The van der Waals surface area contributed by atoms with Gasteiger partial charge in [-0.25, -0.2) is 0 Å². The van der Waals surface area contributed by atoms with E-state index in [4.69, 9.17) is 13.8 Å². The van der Waals surface area contributed by atoms with Gasteiger partial charge >= 0.3 is 0 Å². The first-order valence-electron chi connectivity index (χ1n) is 14.3. The second-order valence-corrected chi connectivity index (χ2v) is 12.3. The number of phosphoric ester groups is 1. The number of nitrogens with zero attached hydrogens (tertiary/aromatic N) is 1. The molecule has 0 spiro atoms. The fourth-order valence-electron chi connectivity index (χ4n) is 3.87. The van der Waals surface area contributed by atoms with Gasteiger partial charge in [-0.1, -0.05) is 110 Å². The highest BCUT2D eigenvalue weighted by atomic mass is 31.2. The van der Waals surface area contributed by atoms with Crippen LogP contribution in [-0.4, -0.2) is 69.8 Å². The number of hydrogen-bond acceptors (Lipinski definition) is 6. The van der Waals surface area contributed by atoms with Gasteiger partial charge in [0, 0.05) is 6.61 Å². The number of quaternary nitrogens is 1. The smallest absolute Gasteiger partial charge is 0.268 e. The largest absolute Gasteiger partial charge is 0.756 e. The van der Waals surface area contributed by atoms with E-state index in [0.29, 0.717) is 17.6 Å². The first-order chi connectivity index (χ1) is 16.7. The van der Waals surface area contributed by atoms with Crippen LogP contribution >= 0.6 is 7.82 Å². The zero-order chi connectivity index (χ0) is 26.3. The Hall–Kier alpha value is -0.0100. The molecule has 0 radical (unpaired) electrons. The van der Waals surface area contributed by atoms with E-state index in [1.54, 1.807) is 0 Å². The number of hydrogen-bond donors (Lipinski definition) is 1. The summed E-state index contributed by atoms with van der Waals surface area (Å²) in [5.41, 5.74) is 0. The predicted octanol–water partition coefficient (Wildman–Crippen LogP) is 6.22. The van der Waals surface area contributed by atoms with Crippen molar-refractivity contribution in [2.45, 2.75) is 122 Å².